The summed E-state index contributed by atoms with van der Waals surface area (Å²) >= 11 is 1.72. The third kappa shape index (κ3) is 5.49. The molecule has 1 unspecified atom stereocenters. The standard InChI is InChI=1S/C24H32N4S/c1-6-21(25)22-26-27-23(28(22)15-18-9-7-17(2)8-10-18)29-16-19-11-13-20(14-12-19)24(3,4)5/h7-14,21H,6,15-16,25H2,1-5H3. The quantitative estimate of drug-likeness (QED) is 0.514. The Bertz CT molecular complexity index is 921. The van der Waals surface area contributed by atoms with Gasteiger partial charge in [-0.05, 0) is 35.4 Å². The van der Waals surface area contributed by atoms with Crippen molar-refractivity contribution in [2.45, 2.75) is 70.0 Å². The van der Waals surface area contributed by atoms with Gasteiger partial charge in [0.15, 0.2) is 11.0 Å². The highest BCUT2D eigenvalue weighted by Crippen LogP contribution is 2.27. The second-order valence-electron chi connectivity index (χ2n) is 8.66. The lowest BCUT2D eigenvalue weighted by Crippen LogP contribution is -2.17. The monoisotopic (exact) mass is 408 g/mol. The van der Waals surface area contributed by atoms with Crippen molar-refractivity contribution in [3.8, 4) is 0 Å². The molecule has 5 heteroatoms. The first-order valence-electron chi connectivity index (χ1n) is 10.2. The van der Waals surface area contributed by atoms with Crippen molar-refractivity contribution in [3.05, 3.63) is 76.6 Å². The number of aryl methyl sites for hydroxylation is 1. The summed E-state index contributed by atoms with van der Waals surface area (Å²) in [5.41, 5.74) is 11.6. The van der Waals surface area contributed by atoms with Gasteiger partial charge in [-0.2, -0.15) is 0 Å². The van der Waals surface area contributed by atoms with Crippen LogP contribution in [-0.2, 0) is 17.7 Å². The third-order valence-electron chi connectivity index (χ3n) is 5.17. The molecule has 0 aliphatic heterocycles. The maximum atomic E-state index is 6.32. The molecule has 154 valence electrons. The number of hydrogen-bond donors (Lipinski definition) is 1. The van der Waals surface area contributed by atoms with E-state index in [0.29, 0.717) is 0 Å². The molecule has 1 heterocycles. The smallest absolute Gasteiger partial charge is 0.191 e. The third-order valence-corrected chi connectivity index (χ3v) is 6.20. The topological polar surface area (TPSA) is 56.7 Å². The Balaban J connectivity index is 1.79. The molecular weight excluding hydrogens is 376 g/mol. The number of nitrogens with two attached hydrogens (primary N) is 1. The molecule has 3 aromatic rings. The van der Waals surface area contributed by atoms with Gasteiger partial charge in [-0.25, -0.2) is 0 Å². The van der Waals surface area contributed by atoms with Gasteiger partial charge in [-0.1, -0.05) is 93.6 Å². The lowest BCUT2D eigenvalue weighted by molar-refractivity contribution is 0.578. The number of nitrogens with zero attached hydrogens (tertiary/aromatic N) is 3. The van der Waals surface area contributed by atoms with Gasteiger partial charge in [-0.3, -0.25) is 0 Å². The van der Waals surface area contributed by atoms with E-state index in [0.717, 1.165) is 29.7 Å². The van der Waals surface area contributed by atoms with E-state index < -0.39 is 0 Å². The zero-order chi connectivity index (χ0) is 21.0. The van der Waals surface area contributed by atoms with E-state index in [2.05, 4.69) is 97.9 Å². The highest BCUT2D eigenvalue weighted by molar-refractivity contribution is 7.98. The Morgan fingerprint density at radius 1 is 0.966 bits per heavy atom. The molecule has 0 spiro atoms. The van der Waals surface area contributed by atoms with Crippen LogP contribution in [0.3, 0.4) is 0 Å². The van der Waals surface area contributed by atoms with Crippen LogP contribution >= 0.6 is 11.8 Å². The van der Waals surface area contributed by atoms with Gasteiger partial charge in [0.2, 0.25) is 0 Å². The lowest BCUT2D eigenvalue weighted by Gasteiger charge is -2.19. The van der Waals surface area contributed by atoms with Crippen LogP contribution in [0.25, 0.3) is 0 Å². The average Bonchev–Trinajstić information content (AvgIpc) is 3.09. The minimum Gasteiger partial charge on any atom is -0.321 e. The molecule has 0 saturated heterocycles. The van der Waals surface area contributed by atoms with Crippen LogP contribution in [0.5, 0.6) is 0 Å². The second-order valence-corrected chi connectivity index (χ2v) is 9.61. The number of benzene rings is 2. The molecule has 0 radical (unpaired) electrons. The number of thioether (sulfide) groups is 1. The van der Waals surface area contributed by atoms with Crippen LogP contribution in [0.1, 0.15) is 68.2 Å². The first kappa shape index (κ1) is 21.6. The summed E-state index contributed by atoms with van der Waals surface area (Å²) in [6.45, 7) is 11.6. The maximum absolute atomic E-state index is 6.32. The molecule has 0 amide bonds. The van der Waals surface area contributed by atoms with Crippen LogP contribution in [0.4, 0.5) is 0 Å². The van der Waals surface area contributed by atoms with Gasteiger partial charge in [0, 0.05) is 5.75 Å². The fraction of sp³-hybridized carbons (Fsp3) is 0.417. The molecule has 29 heavy (non-hydrogen) atoms. The van der Waals surface area contributed by atoms with E-state index in [-0.39, 0.29) is 11.5 Å². The van der Waals surface area contributed by atoms with Gasteiger partial charge in [0.1, 0.15) is 0 Å². The van der Waals surface area contributed by atoms with Crippen LogP contribution in [0.15, 0.2) is 53.7 Å². The maximum Gasteiger partial charge on any atom is 0.191 e. The summed E-state index contributed by atoms with van der Waals surface area (Å²) in [4.78, 5) is 0. The molecule has 0 aliphatic rings. The van der Waals surface area contributed by atoms with Crippen LogP contribution in [0, 0.1) is 6.92 Å². The average molecular weight is 409 g/mol. The van der Waals surface area contributed by atoms with E-state index >= 15 is 0 Å². The summed E-state index contributed by atoms with van der Waals surface area (Å²) in [6, 6.07) is 17.4. The Labute approximate surface area is 178 Å². The highest BCUT2D eigenvalue weighted by Gasteiger charge is 2.18. The first-order valence-corrected chi connectivity index (χ1v) is 11.2. The molecule has 0 saturated carbocycles. The predicted molar refractivity (Wildman–Crippen MR) is 122 cm³/mol. The van der Waals surface area contributed by atoms with E-state index in [1.54, 1.807) is 11.8 Å². The summed E-state index contributed by atoms with van der Waals surface area (Å²) < 4.78 is 2.17. The van der Waals surface area contributed by atoms with Crippen molar-refractivity contribution < 1.29 is 0 Å². The van der Waals surface area contributed by atoms with Crippen molar-refractivity contribution in [1.29, 1.82) is 0 Å². The summed E-state index contributed by atoms with van der Waals surface area (Å²) in [5.74, 6) is 1.72. The van der Waals surface area contributed by atoms with Crippen molar-refractivity contribution in [2.24, 2.45) is 5.73 Å². The largest absolute Gasteiger partial charge is 0.321 e. The Morgan fingerprint density at radius 2 is 1.59 bits per heavy atom. The minimum atomic E-state index is -0.103. The van der Waals surface area contributed by atoms with E-state index in [1.165, 1.54) is 22.3 Å². The van der Waals surface area contributed by atoms with Crippen molar-refractivity contribution >= 4 is 11.8 Å². The fourth-order valence-corrected chi connectivity index (χ4v) is 4.04. The molecule has 3 rings (SSSR count). The van der Waals surface area contributed by atoms with Gasteiger partial charge < -0.3 is 10.3 Å². The summed E-state index contributed by atoms with van der Waals surface area (Å²) in [7, 11) is 0. The van der Waals surface area contributed by atoms with Crippen molar-refractivity contribution in [3.63, 3.8) is 0 Å². The molecule has 0 bridgehead atoms. The molecule has 4 nitrogen and oxygen atoms in total. The number of rotatable bonds is 7. The normalized spacial score (nSPS) is 12.9. The van der Waals surface area contributed by atoms with E-state index in [4.69, 9.17) is 5.73 Å². The Morgan fingerprint density at radius 3 is 2.17 bits per heavy atom. The molecule has 2 aromatic carbocycles. The predicted octanol–water partition coefficient (Wildman–Crippen LogP) is 5.63. The molecule has 0 aliphatic carbocycles. The van der Waals surface area contributed by atoms with Gasteiger partial charge in [-0.15, -0.1) is 10.2 Å². The lowest BCUT2D eigenvalue weighted by atomic mass is 9.87. The molecule has 0 fully saturated rings. The van der Waals surface area contributed by atoms with Gasteiger partial charge in [0.25, 0.3) is 0 Å². The zero-order valence-corrected chi connectivity index (χ0v) is 19.0. The first-order chi connectivity index (χ1) is 13.8. The molecule has 2 N–H and O–H groups in total. The molecular formula is C24H32N4S. The summed E-state index contributed by atoms with van der Waals surface area (Å²) in [6.07, 6.45) is 0.838. The van der Waals surface area contributed by atoms with Crippen LogP contribution < -0.4 is 5.73 Å². The van der Waals surface area contributed by atoms with Crippen molar-refractivity contribution in [1.82, 2.24) is 14.8 Å². The molecule has 1 aromatic heterocycles. The fourth-order valence-electron chi connectivity index (χ4n) is 3.14. The SMILES string of the molecule is CCC(N)c1nnc(SCc2ccc(C(C)(C)C)cc2)n1Cc1ccc(C)cc1. The van der Waals surface area contributed by atoms with Crippen molar-refractivity contribution in [2.75, 3.05) is 0 Å². The minimum absolute atomic E-state index is 0.103. The summed E-state index contributed by atoms with van der Waals surface area (Å²) in [5, 5.41) is 9.81. The second kappa shape index (κ2) is 9.14. The molecule has 1 atom stereocenters. The number of hydrogen-bond acceptors (Lipinski definition) is 4. The van der Waals surface area contributed by atoms with Crippen LogP contribution in [0.2, 0.25) is 0 Å². The van der Waals surface area contributed by atoms with Gasteiger partial charge >= 0.3 is 0 Å². The zero-order valence-electron chi connectivity index (χ0n) is 18.1. The van der Waals surface area contributed by atoms with Gasteiger partial charge in [0.05, 0.1) is 12.6 Å². The van der Waals surface area contributed by atoms with E-state index in [1.807, 2.05) is 0 Å². The highest BCUT2D eigenvalue weighted by atomic mass is 32.2. The van der Waals surface area contributed by atoms with E-state index in [9.17, 15) is 0 Å². The number of aromatic nitrogens is 3. The Hall–Kier alpha value is -2.11. The van der Waals surface area contributed by atoms with Crippen LogP contribution in [-0.4, -0.2) is 14.8 Å². The Kier molecular flexibility index (Phi) is 6.81.